The largest absolute Gasteiger partial charge is 0.480 e. The summed E-state index contributed by atoms with van der Waals surface area (Å²) < 4.78 is 26.8. The summed E-state index contributed by atoms with van der Waals surface area (Å²) in [4.78, 5) is 45.9. The minimum absolute atomic E-state index is 0.145. The zero-order chi connectivity index (χ0) is 43.5. The molecule has 0 aliphatic rings. The van der Waals surface area contributed by atoms with Gasteiger partial charge in [0.1, 0.15) is 12.7 Å². The Kier molecular flexibility index (Phi) is 40.7. The smallest absolute Gasteiger partial charge is 0.472 e. The number of aliphatic hydroxyl groups is 1. The van der Waals surface area contributed by atoms with Gasteiger partial charge in [-0.05, 0) is 70.6 Å². The molecular weight excluding hydrogens is 769 g/mol. The van der Waals surface area contributed by atoms with Crippen molar-refractivity contribution in [3.05, 3.63) is 36.5 Å². The number of ether oxygens (including phenoxy) is 1. The quantitative estimate of drug-likeness (QED) is 0.0200. The van der Waals surface area contributed by atoms with E-state index >= 15 is 0 Å². The molecule has 0 bridgehead atoms. The van der Waals surface area contributed by atoms with Crippen molar-refractivity contribution < 1.29 is 47.8 Å². The van der Waals surface area contributed by atoms with Gasteiger partial charge in [-0.2, -0.15) is 0 Å². The lowest BCUT2D eigenvalue weighted by Crippen LogP contribution is -2.43. The summed E-state index contributed by atoms with van der Waals surface area (Å²) in [7, 11) is -4.76. The van der Waals surface area contributed by atoms with E-state index in [1.165, 1.54) is 109 Å². The molecule has 0 saturated carbocycles. The van der Waals surface area contributed by atoms with E-state index in [9.17, 15) is 34.1 Å². The van der Waals surface area contributed by atoms with Crippen LogP contribution in [-0.4, -0.2) is 64.9 Å². The highest BCUT2D eigenvalue weighted by atomic mass is 31.2. The summed E-state index contributed by atoms with van der Waals surface area (Å²) in [5.41, 5.74) is 0. The van der Waals surface area contributed by atoms with Crippen molar-refractivity contribution >= 4 is 25.7 Å². The zero-order valence-electron chi connectivity index (χ0n) is 37.3. The molecule has 11 nitrogen and oxygen atoms in total. The van der Waals surface area contributed by atoms with Crippen LogP contribution >= 0.6 is 7.82 Å². The summed E-state index contributed by atoms with van der Waals surface area (Å²) in [6.45, 7) is 2.54. The van der Waals surface area contributed by atoms with Crippen LogP contribution in [-0.2, 0) is 32.7 Å². The molecular formula is C47H86NO10P. The predicted molar refractivity (Wildman–Crippen MR) is 240 cm³/mol. The number of esters is 1. The average molecular weight is 856 g/mol. The molecule has 0 radical (unpaired) electrons. The molecule has 0 aromatic rings. The third-order valence-corrected chi connectivity index (χ3v) is 11.1. The Morgan fingerprint density at radius 1 is 0.542 bits per heavy atom. The number of carboxylic acids is 1. The highest BCUT2D eigenvalue weighted by molar-refractivity contribution is 7.47. The van der Waals surface area contributed by atoms with Gasteiger partial charge in [-0.3, -0.25) is 18.6 Å². The lowest BCUT2D eigenvalue weighted by Gasteiger charge is -2.18. The van der Waals surface area contributed by atoms with Crippen LogP contribution in [0.15, 0.2) is 36.5 Å². The molecule has 0 fully saturated rings. The minimum atomic E-state index is -4.76. The number of hydrogen-bond acceptors (Lipinski definition) is 8. The van der Waals surface area contributed by atoms with E-state index < -0.39 is 57.6 Å². The Labute approximate surface area is 359 Å². The molecule has 3 atom stereocenters. The summed E-state index contributed by atoms with van der Waals surface area (Å²) >= 11 is 0. The van der Waals surface area contributed by atoms with Gasteiger partial charge in [0, 0.05) is 12.8 Å². The summed E-state index contributed by atoms with van der Waals surface area (Å²) in [5, 5.41) is 21.8. The molecule has 0 aliphatic carbocycles. The number of nitrogens with one attached hydrogen (secondary N) is 1. The third-order valence-electron chi connectivity index (χ3n) is 10.2. The van der Waals surface area contributed by atoms with E-state index in [0.29, 0.717) is 12.8 Å². The maximum Gasteiger partial charge on any atom is 0.472 e. The highest BCUT2D eigenvalue weighted by Crippen LogP contribution is 2.43. The molecule has 0 spiro atoms. The first kappa shape index (κ1) is 56.7. The topological polar surface area (TPSA) is 169 Å². The van der Waals surface area contributed by atoms with Crippen LogP contribution in [0.4, 0.5) is 0 Å². The second kappa shape index (κ2) is 42.4. The van der Waals surface area contributed by atoms with Crippen LogP contribution in [0, 0.1) is 0 Å². The van der Waals surface area contributed by atoms with E-state index in [-0.39, 0.29) is 12.8 Å². The molecule has 0 rings (SSSR count). The number of phosphoric ester groups is 1. The van der Waals surface area contributed by atoms with Crippen molar-refractivity contribution in [3.63, 3.8) is 0 Å². The van der Waals surface area contributed by atoms with Gasteiger partial charge in [0.15, 0.2) is 6.04 Å². The van der Waals surface area contributed by atoms with Crippen LogP contribution < -0.4 is 5.32 Å². The fraction of sp³-hybridized carbons (Fsp3) is 0.809. The summed E-state index contributed by atoms with van der Waals surface area (Å²) in [6.07, 6.45) is 46.0. The van der Waals surface area contributed by atoms with Crippen molar-refractivity contribution in [2.24, 2.45) is 0 Å². The van der Waals surface area contributed by atoms with Gasteiger partial charge in [0.2, 0.25) is 5.91 Å². The Morgan fingerprint density at radius 3 is 1.39 bits per heavy atom. The van der Waals surface area contributed by atoms with Gasteiger partial charge in [-0.25, -0.2) is 9.36 Å². The normalized spacial score (nSPS) is 14.0. The van der Waals surface area contributed by atoms with Gasteiger partial charge in [-0.1, -0.05) is 166 Å². The lowest BCUT2D eigenvalue weighted by molar-refractivity contribution is -0.147. The zero-order valence-corrected chi connectivity index (χ0v) is 38.2. The lowest BCUT2D eigenvalue weighted by atomic mass is 10.0. The van der Waals surface area contributed by atoms with E-state index in [4.69, 9.17) is 13.8 Å². The molecule has 1 amide bonds. The number of aliphatic hydroxyl groups excluding tert-OH is 1. The first-order valence-corrected chi connectivity index (χ1v) is 25.0. The molecule has 0 aromatic carbocycles. The molecule has 0 aromatic heterocycles. The van der Waals surface area contributed by atoms with Crippen LogP contribution in [0.25, 0.3) is 0 Å². The first-order chi connectivity index (χ1) is 28.6. The van der Waals surface area contributed by atoms with E-state index in [1.807, 2.05) is 0 Å². The summed E-state index contributed by atoms with van der Waals surface area (Å²) in [5.74, 6) is -2.38. The van der Waals surface area contributed by atoms with Crippen LogP contribution in [0.1, 0.15) is 213 Å². The first-order valence-electron chi connectivity index (χ1n) is 23.5. The molecule has 4 N–H and O–H groups in total. The monoisotopic (exact) mass is 856 g/mol. The van der Waals surface area contributed by atoms with Crippen molar-refractivity contribution in [1.29, 1.82) is 0 Å². The van der Waals surface area contributed by atoms with Crippen molar-refractivity contribution in [1.82, 2.24) is 5.32 Å². The Hall–Kier alpha value is -2.30. The summed E-state index contributed by atoms with van der Waals surface area (Å²) in [6, 6.07) is -1.55. The molecule has 3 unspecified atom stereocenters. The average Bonchev–Trinajstić information content (AvgIpc) is 3.21. The number of carbonyl (C=O) groups is 3. The molecule has 0 heterocycles. The number of aliphatic carboxylic acids is 1. The van der Waals surface area contributed by atoms with Gasteiger partial charge >= 0.3 is 19.8 Å². The predicted octanol–water partition coefficient (Wildman–Crippen LogP) is 12.4. The van der Waals surface area contributed by atoms with Crippen molar-refractivity contribution in [3.8, 4) is 0 Å². The number of carbonyl (C=O) groups excluding carboxylic acids is 2. The number of allylic oxidation sites excluding steroid dienone is 6. The Bertz CT molecular complexity index is 1140. The second-order valence-corrected chi connectivity index (χ2v) is 17.4. The number of phosphoric acid groups is 1. The maximum absolute atomic E-state index is 12.3. The van der Waals surface area contributed by atoms with Crippen molar-refractivity contribution in [2.75, 3.05) is 19.8 Å². The highest BCUT2D eigenvalue weighted by Gasteiger charge is 2.28. The maximum atomic E-state index is 12.3. The number of rotatable bonds is 44. The van der Waals surface area contributed by atoms with Crippen LogP contribution in [0.5, 0.6) is 0 Å². The second-order valence-electron chi connectivity index (χ2n) is 15.9. The number of hydrogen-bond donors (Lipinski definition) is 4. The van der Waals surface area contributed by atoms with Gasteiger partial charge < -0.3 is 25.2 Å². The molecule has 344 valence electrons. The van der Waals surface area contributed by atoms with Gasteiger partial charge in [0.05, 0.1) is 13.2 Å². The fourth-order valence-electron chi connectivity index (χ4n) is 6.46. The van der Waals surface area contributed by atoms with E-state index in [0.717, 1.165) is 64.2 Å². The number of carboxylic acid groups (broad SMARTS) is 1. The van der Waals surface area contributed by atoms with Gasteiger partial charge in [-0.15, -0.1) is 0 Å². The molecule has 59 heavy (non-hydrogen) atoms. The fourth-order valence-corrected chi connectivity index (χ4v) is 7.23. The molecule has 0 aliphatic heterocycles. The van der Waals surface area contributed by atoms with Crippen LogP contribution in [0.2, 0.25) is 0 Å². The molecule has 12 heteroatoms. The standard InChI is InChI=1S/C47H86NO10P/c1-3-5-7-9-11-13-15-17-18-19-20-21-22-23-24-25-26-27-28-30-32-34-36-38-45(50)48-44(47(52)53)42-58-59(54,55)57-41-43(49)40-56-46(51)39-37-35-33-31-29-16-14-12-10-8-6-4-2/h11-14,17-18,43-44,49H,3-10,15-16,19-42H2,1-2H3,(H,48,50)(H,52,53)(H,54,55)/b13-11-,14-12-,18-17-. The Morgan fingerprint density at radius 2 is 0.932 bits per heavy atom. The number of unbranched alkanes of at least 4 members (excludes halogenated alkanes) is 24. The van der Waals surface area contributed by atoms with Crippen LogP contribution in [0.3, 0.4) is 0 Å². The Balaban J connectivity index is 3.84. The third kappa shape index (κ3) is 42.2. The SMILES string of the molecule is CCCCC/C=C\C/C=C\CCCCCCCCCCCCCCCC(=O)NC(COP(=O)(O)OCC(O)COC(=O)CCCCCCC/C=C\CCCCC)C(=O)O. The molecule has 0 saturated heterocycles. The minimum Gasteiger partial charge on any atom is -0.480 e. The van der Waals surface area contributed by atoms with Gasteiger partial charge in [0.25, 0.3) is 0 Å². The van der Waals surface area contributed by atoms with E-state index in [2.05, 4.69) is 55.6 Å². The van der Waals surface area contributed by atoms with E-state index in [1.54, 1.807) is 0 Å². The number of amides is 1. The van der Waals surface area contributed by atoms with Crippen molar-refractivity contribution in [2.45, 2.75) is 225 Å².